The van der Waals surface area contributed by atoms with Crippen molar-refractivity contribution in [2.45, 2.75) is 68.3 Å². The van der Waals surface area contributed by atoms with Gasteiger partial charge in [-0.1, -0.05) is 39.5 Å². The summed E-state index contributed by atoms with van der Waals surface area (Å²) in [5.74, 6) is -0.807. The molecule has 1 aliphatic heterocycles. The number of hydrogen-bond donors (Lipinski definition) is 3. The number of carbonyl (C=O) groups is 1. The number of aliphatic carboxylic acids is 1. The third-order valence-electron chi connectivity index (χ3n) is 6.92. The van der Waals surface area contributed by atoms with E-state index in [0.29, 0.717) is 22.8 Å². The molecule has 0 spiro atoms. The van der Waals surface area contributed by atoms with E-state index in [4.69, 9.17) is 9.84 Å². The molecule has 39 heavy (non-hydrogen) atoms. The number of ether oxygens (including phenoxy) is 1. The van der Waals surface area contributed by atoms with Gasteiger partial charge in [-0.2, -0.15) is 23.8 Å². The van der Waals surface area contributed by atoms with Crippen LogP contribution in [0.4, 0.5) is 24.5 Å². The molecule has 1 heterocycles. The summed E-state index contributed by atoms with van der Waals surface area (Å²) in [6.07, 6.45) is 4.26. The average Bonchev–Trinajstić information content (AvgIpc) is 2.97. The fraction of sp³-hybridized carbons (Fsp3) is 0.464. The number of carboxylic acids is 1. The normalized spacial score (nSPS) is 17.5. The number of hydrogen-bond acceptors (Lipinski definition) is 6. The third-order valence-corrected chi connectivity index (χ3v) is 9.73. The second kappa shape index (κ2) is 12.9. The van der Waals surface area contributed by atoms with Crippen LogP contribution in [0.15, 0.2) is 58.5 Å². The molecule has 6 nitrogen and oxygen atoms in total. The lowest BCUT2D eigenvalue weighted by atomic mass is 9.79. The van der Waals surface area contributed by atoms with Crippen molar-refractivity contribution in [2.24, 2.45) is 5.41 Å². The smallest absolute Gasteiger partial charge is 0.416 e. The van der Waals surface area contributed by atoms with E-state index in [2.05, 4.69) is 13.8 Å². The molecule has 1 aliphatic rings. The van der Waals surface area contributed by atoms with Crippen LogP contribution in [0.1, 0.15) is 57.9 Å². The Morgan fingerprint density at radius 3 is 2.26 bits per heavy atom. The Labute approximate surface area is 233 Å². The van der Waals surface area contributed by atoms with Gasteiger partial charge in [0.25, 0.3) is 0 Å². The molecular formula is C28H36F3NO5S2. The Morgan fingerprint density at radius 2 is 1.74 bits per heavy atom. The van der Waals surface area contributed by atoms with E-state index in [1.54, 1.807) is 12.3 Å². The summed E-state index contributed by atoms with van der Waals surface area (Å²) in [6, 6.07) is 8.20. The molecule has 0 aliphatic carbocycles. The van der Waals surface area contributed by atoms with Crippen molar-refractivity contribution in [2.75, 3.05) is 23.5 Å². The first-order chi connectivity index (χ1) is 18.4. The van der Waals surface area contributed by atoms with E-state index in [1.807, 2.05) is 4.90 Å². The summed E-state index contributed by atoms with van der Waals surface area (Å²) in [5.41, 5.74) is -0.239. The standard InChI is InChI=1S/C28H36F3NO5S2/c1-4-6-13-27(14-7-5-2)18-32(21-10-8-20(9-11-21)28(29,30)31)22-16-24(38-3)23(37-15-12-26(33)34)17-25(22)39(35,36)19-27/h8-12,15-17,35-36H,4-7,13-14,18-19H2,1-3H3,(H,33,34)/b15-12+. The van der Waals surface area contributed by atoms with Crippen molar-refractivity contribution in [3.8, 4) is 5.75 Å². The van der Waals surface area contributed by atoms with Gasteiger partial charge in [-0.15, -0.1) is 11.8 Å². The Morgan fingerprint density at radius 1 is 1.13 bits per heavy atom. The van der Waals surface area contributed by atoms with Gasteiger partial charge in [-0.25, -0.2) is 4.79 Å². The Balaban J connectivity index is 2.24. The third kappa shape index (κ3) is 7.65. The van der Waals surface area contributed by atoms with E-state index in [1.165, 1.54) is 30.0 Å². The maximum atomic E-state index is 13.3. The molecule has 0 radical (unpaired) electrons. The van der Waals surface area contributed by atoms with E-state index < -0.39 is 33.7 Å². The van der Waals surface area contributed by atoms with E-state index in [0.717, 1.165) is 63.0 Å². The Bertz CT molecular complexity index is 1160. The van der Waals surface area contributed by atoms with Crippen molar-refractivity contribution in [3.05, 3.63) is 54.3 Å². The van der Waals surface area contributed by atoms with Gasteiger partial charge in [-0.3, -0.25) is 9.11 Å². The molecule has 3 rings (SSSR count). The quantitative estimate of drug-likeness (QED) is 0.137. The predicted molar refractivity (Wildman–Crippen MR) is 152 cm³/mol. The van der Waals surface area contributed by atoms with Gasteiger partial charge in [0, 0.05) is 29.5 Å². The highest BCUT2D eigenvalue weighted by atomic mass is 32.3. The Kier molecular flexibility index (Phi) is 10.3. The molecular weight excluding hydrogens is 551 g/mol. The summed E-state index contributed by atoms with van der Waals surface area (Å²) in [7, 11) is -3.36. The van der Waals surface area contributed by atoms with Gasteiger partial charge in [0.2, 0.25) is 0 Å². The number of nitrogens with zero attached hydrogens (tertiary/aromatic N) is 1. The molecule has 0 fully saturated rings. The number of rotatable bonds is 11. The van der Waals surface area contributed by atoms with Crippen molar-refractivity contribution >= 4 is 39.7 Å². The molecule has 3 N–H and O–H groups in total. The summed E-state index contributed by atoms with van der Waals surface area (Å²) < 4.78 is 68.9. The van der Waals surface area contributed by atoms with Crippen LogP contribution in [0.2, 0.25) is 0 Å². The van der Waals surface area contributed by atoms with Crippen LogP contribution >= 0.6 is 22.4 Å². The van der Waals surface area contributed by atoms with Crippen LogP contribution in [0.5, 0.6) is 5.75 Å². The molecule has 216 valence electrons. The van der Waals surface area contributed by atoms with Crippen LogP contribution < -0.4 is 9.64 Å². The minimum Gasteiger partial charge on any atom is -0.478 e. The second-order valence-electron chi connectivity index (χ2n) is 9.88. The molecule has 2 aromatic rings. The van der Waals surface area contributed by atoms with Crippen molar-refractivity contribution < 1.29 is 36.9 Å². The molecule has 0 unspecified atom stereocenters. The van der Waals surface area contributed by atoms with Crippen molar-refractivity contribution in [1.82, 2.24) is 0 Å². The van der Waals surface area contributed by atoms with Crippen molar-refractivity contribution in [3.63, 3.8) is 0 Å². The molecule has 11 heteroatoms. The summed E-state index contributed by atoms with van der Waals surface area (Å²) in [6.45, 7) is 4.56. The zero-order valence-corrected chi connectivity index (χ0v) is 24.0. The first-order valence-electron chi connectivity index (χ1n) is 12.8. The van der Waals surface area contributed by atoms with Crippen LogP contribution in [0.25, 0.3) is 0 Å². The zero-order chi connectivity index (χ0) is 28.8. The van der Waals surface area contributed by atoms with Gasteiger partial charge < -0.3 is 14.7 Å². The second-order valence-corrected chi connectivity index (χ2v) is 12.8. The van der Waals surface area contributed by atoms with Crippen LogP contribution in [-0.4, -0.2) is 38.7 Å². The van der Waals surface area contributed by atoms with Gasteiger partial charge in [0.15, 0.2) is 0 Å². The highest BCUT2D eigenvalue weighted by molar-refractivity contribution is 8.24. The maximum absolute atomic E-state index is 13.3. The molecule has 2 aromatic carbocycles. The van der Waals surface area contributed by atoms with Crippen molar-refractivity contribution in [1.29, 1.82) is 0 Å². The highest BCUT2D eigenvalue weighted by Gasteiger charge is 2.43. The first kappa shape index (κ1) is 31.2. The van der Waals surface area contributed by atoms with Crippen LogP contribution in [-0.2, 0) is 11.0 Å². The summed E-state index contributed by atoms with van der Waals surface area (Å²) in [5, 5.41) is 8.94. The average molecular weight is 588 g/mol. The number of thioether (sulfide) groups is 1. The first-order valence-corrected chi connectivity index (χ1v) is 15.8. The lowest BCUT2D eigenvalue weighted by Crippen LogP contribution is -2.38. The van der Waals surface area contributed by atoms with E-state index in [9.17, 15) is 27.1 Å². The number of halogens is 3. The maximum Gasteiger partial charge on any atom is 0.416 e. The zero-order valence-electron chi connectivity index (χ0n) is 22.3. The molecule has 0 saturated heterocycles. The van der Waals surface area contributed by atoms with Gasteiger partial charge >= 0.3 is 12.1 Å². The largest absolute Gasteiger partial charge is 0.478 e. The van der Waals surface area contributed by atoms with Crippen LogP contribution in [0.3, 0.4) is 0 Å². The summed E-state index contributed by atoms with van der Waals surface area (Å²) >= 11 is 1.33. The predicted octanol–water partition coefficient (Wildman–Crippen LogP) is 9.03. The lowest BCUT2D eigenvalue weighted by Gasteiger charge is -2.42. The molecule has 0 aromatic heterocycles. The number of benzene rings is 2. The molecule has 0 atom stereocenters. The minimum atomic E-state index is -4.47. The van der Waals surface area contributed by atoms with E-state index in [-0.39, 0.29) is 16.4 Å². The SMILES string of the molecule is CCCCC1(CCCC)CN(c2ccc(C(F)(F)F)cc2)c2cc(SC)c(O/C=C/C(=O)O)cc2S(O)(O)C1. The lowest BCUT2D eigenvalue weighted by molar-refractivity contribution is -0.137. The number of fused-ring (bicyclic) bond motifs is 1. The van der Waals surface area contributed by atoms with E-state index >= 15 is 0 Å². The number of alkyl halides is 3. The topological polar surface area (TPSA) is 90.2 Å². The molecule has 0 bridgehead atoms. The fourth-order valence-corrected chi connectivity index (χ4v) is 7.71. The van der Waals surface area contributed by atoms with Gasteiger partial charge in [-0.05, 0) is 49.4 Å². The van der Waals surface area contributed by atoms with Gasteiger partial charge in [0.1, 0.15) is 5.75 Å². The monoisotopic (exact) mass is 587 g/mol. The number of unbranched alkanes of at least 4 members (excludes halogenated alkanes) is 2. The Hall–Kier alpha value is -2.34. The number of carboxylic acid groups (broad SMARTS) is 1. The fourth-order valence-electron chi connectivity index (χ4n) is 4.98. The molecule has 0 amide bonds. The molecule has 0 saturated carbocycles. The summed E-state index contributed by atoms with van der Waals surface area (Å²) in [4.78, 5) is 13.7. The number of anilines is 2. The van der Waals surface area contributed by atoms with Crippen LogP contribution in [0, 0.1) is 5.41 Å². The van der Waals surface area contributed by atoms with Gasteiger partial charge in [0.05, 0.1) is 33.4 Å². The minimum absolute atomic E-state index is 0.118. The highest BCUT2D eigenvalue weighted by Crippen LogP contribution is 2.62.